The second kappa shape index (κ2) is 7.24. The van der Waals surface area contributed by atoms with Gasteiger partial charge in [-0.05, 0) is 38.8 Å². The minimum atomic E-state index is -3.34. The molecule has 1 N–H and O–H groups in total. The molecule has 0 saturated heterocycles. The van der Waals surface area contributed by atoms with E-state index >= 15 is 0 Å². The normalized spacial score (nSPS) is 12.5. The Balaban J connectivity index is 2.57. The first kappa shape index (κ1) is 18.6. The number of rotatable bonds is 6. The van der Waals surface area contributed by atoms with E-state index in [0.29, 0.717) is 6.54 Å². The fourth-order valence-electron chi connectivity index (χ4n) is 2.29. The zero-order chi connectivity index (χ0) is 17.0. The lowest BCUT2D eigenvalue weighted by atomic mass is 10.1. The van der Waals surface area contributed by atoms with Crippen LogP contribution in [0.25, 0.3) is 0 Å². The lowest BCUT2D eigenvalue weighted by molar-refractivity contribution is -0.121. The van der Waals surface area contributed by atoms with Crippen molar-refractivity contribution in [3.05, 3.63) is 35.4 Å². The second-order valence-corrected chi connectivity index (χ2v) is 8.37. The second-order valence-electron chi connectivity index (χ2n) is 6.46. The first-order valence-electron chi connectivity index (χ1n) is 7.31. The minimum Gasteiger partial charge on any atom is -0.352 e. The zero-order valence-corrected chi connectivity index (χ0v) is 14.8. The van der Waals surface area contributed by atoms with Crippen molar-refractivity contribution in [2.75, 3.05) is 12.8 Å². The van der Waals surface area contributed by atoms with Gasteiger partial charge in [0.15, 0.2) is 0 Å². The monoisotopic (exact) mass is 326 g/mol. The Morgan fingerprint density at radius 1 is 1.23 bits per heavy atom. The molecule has 124 valence electrons. The molecule has 0 aliphatic heterocycles. The van der Waals surface area contributed by atoms with Crippen LogP contribution in [0.1, 0.15) is 38.3 Å². The van der Waals surface area contributed by atoms with Crippen LogP contribution in [0.4, 0.5) is 0 Å². The molecule has 0 saturated carbocycles. The standard InChI is InChI=1S/C16H26N2O3S/c1-13-8-6-7-9-14(13)12-17-15(19)10-11-18(16(2,3)4)22(5,20)21/h6-9H,10-12H2,1-5H3,(H,17,19). The largest absolute Gasteiger partial charge is 0.352 e. The van der Waals surface area contributed by atoms with Gasteiger partial charge < -0.3 is 5.32 Å². The fraction of sp³-hybridized carbons (Fsp3) is 0.562. The van der Waals surface area contributed by atoms with Gasteiger partial charge in [-0.25, -0.2) is 8.42 Å². The highest BCUT2D eigenvalue weighted by atomic mass is 32.2. The highest BCUT2D eigenvalue weighted by molar-refractivity contribution is 7.88. The number of aryl methyl sites for hydroxylation is 1. The lowest BCUT2D eigenvalue weighted by Gasteiger charge is -2.33. The van der Waals surface area contributed by atoms with Crippen LogP contribution in [0.15, 0.2) is 24.3 Å². The number of nitrogens with zero attached hydrogens (tertiary/aromatic N) is 1. The number of amides is 1. The van der Waals surface area contributed by atoms with Crippen LogP contribution in [0.2, 0.25) is 0 Å². The molecule has 0 heterocycles. The van der Waals surface area contributed by atoms with Gasteiger partial charge in [-0.3, -0.25) is 4.79 Å². The van der Waals surface area contributed by atoms with Crippen LogP contribution < -0.4 is 5.32 Å². The van der Waals surface area contributed by atoms with Crippen molar-refractivity contribution in [3.8, 4) is 0 Å². The number of carbonyl (C=O) groups is 1. The molecule has 22 heavy (non-hydrogen) atoms. The SMILES string of the molecule is Cc1ccccc1CNC(=O)CCN(C(C)(C)C)S(C)(=O)=O. The molecular formula is C16H26N2O3S. The van der Waals surface area contributed by atoms with Crippen LogP contribution in [0.3, 0.4) is 0 Å². The summed E-state index contributed by atoms with van der Waals surface area (Å²) in [7, 11) is -3.34. The van der Waals surface area contributed by atoms with E-state index in [-0.39, 0.29) is 18.9 Å². The van der Waals surface area contributed by atoms with Gasteiger partial charge in [0, 0.05) is 25.0 Å². The summed E-state index contributed by atoms with van der Waals surface area (Å²) in [6.45, 7) is 8.09. The molecule has 1 amide bonds. The van der Waals surface area contributed by atoms with Crippen LogP contribution in [-0.2, 0) is 21.4 Å². The summed E-state index contributed by atoms with van der Waals surface area (Å²) in [6.07, 6.45) is 1.32. The summed E-state index contributed by atoms with van der Waals surface area (Å²) in [5, 5.41) is 2.84. The molecule has 0 bridgehead atoms. The van der Waals surface area contributed by atoms with Gasteiger partial charge >= 0.3 is 0 Å². The Hall–Kier alpha value is -1.40. The third-order valence-electron chi connectivity index (χ3n) is 3.43. The Labute approximate surface area is 133 Å². The third-order valence-corrected chi connectivity index (χ3v) is 4.96. The molecule has 0 radical (unpaired) electrons. The summed E-state index contributed by atoms with van der Waals surface area (Å²) in [4.78, 5) is 12.0. The molecule has 1 rings (SSSR count). The lowest BCUT2D eigenvalue weighted by Crippen LogP contribution is -2.46. The molecule has 0 aromatic heterocycles. The molecule has 0 aliphatic carbocycles. The van der Waals surface area contributed by atoms with E-state index in [4.69, 9.17) is 0 Å². The summed E-state index contributed by atoms with van der Waals surface area (Å²) >= 11 is 0. The van der Waals surface area contributed by atoms with E-state index in [1.165, 1.54) is 10.6 Å². The average molecular weight is 326 g/mol. The highest BCUT2D eigenvalue weighted by Crippen LogP contribution is 2.17. The number of hydrogen-bond acceptors (Lipinski definition) is 3. The maximum Gasteiger partial charge on any atom is 0.221 e. The fourth-order valence-corrected chi connectivity index (χ4v) is 3.71. The first-order chi connectivity index (χ1) is 10.0. The van der Waals surface area contributed by atoms with Gasteiger partial charge in [-0.2, -0.15) is 4.31 Å². The molecule has 0 unspecified atom stereocenters. The van der Waals surface area contributed by atoms with Crippen molar-refractivity contribution in [1.29, 1.82) is 0 Å². The molecule has 6 heteroatoms. The Kier molecular flexibility index (Phi) is 6.14. The predicted molar refractivity (Wildman–Crippen MR) is 88.9 cm³/mol. The predicted octanol–water partition coefficient (Wildman–Crippen LogP) is 2.06. The van der Waals surface area contributed by atoms with Crippen molar-refractivity contribution in [2.45, 2.75) is 46.2 Å². The van der Waals surface area contributed by atoms with Crippen LogP contribution in [0.5, 0.6) is 0 Å². The zero-order valence-electron chi connectivity index (χ0n) is 14.0. The number of carbonyl (C=O) groups excluding carboxylic acids is 1. The summed E-state index contributed by atoms with van der Waals surface area (Å²) in [5.74, 6) is -0.152. The molecule has 5 nitrogen and oxygen atoms in total. The molecule has 1 aromatic carbocycles. The Bertz CT molecular complexity index is 619. The third kappa shape index (κ3) is 5.77. The first-order valence-corrected chi connectivity index (χ1v) is 9.15. The minimum absolute atomic E-state index is 0.149. The van der Waals surface area contributed by atoms with E-state index < -0.39 is 15.6 Å². The van der Waals surface area contributed by atoms with E-state index in [2.05, 4.69) is 5.32 Å². The van der Waals surface area contributed by atoms with Gasteiger partial charge in [-0.15, -0.1) is 0 Å². The van der Waals surface area contributed by atoms with Crippen LogP contribution in [0, 0.1) is 6.92 Å². The van der Waals surface area contributed by atoms with Crippen molar-refractivity contribution >= 4 is 15.9 Å². The number of benzene rings is 1. The van der Waals surface area contributed by atoms with Gasteiger partial charge in [-0.1, -0.05) is 24.3 Å². The van der Waals surface area contributed by atoms with Gasteiger partial charge in [0.2, 0.25) is 15.9 Å². The molecule has 0 spiro atoms. The van der Waals surface area contributed by atoms with E-state index in [0.717, 1.165) is 11.1 Å². The van der Waals surface area contributed by atoms with Gasteiger partial charge in [0.05, 0.1) is 6.26 Å². The molecule has 0 fully saturated rings. The van der Waals surface area contributed by atoms with E-state index in [1.54, 1.807) is 0 Å². The smallest absolute Gasteiger partial charge is 0.221 e. The van der Waals surface area contributed by atoms with Crippen LogP contribution in [-0.4, -0.2) is 37.0 Å². The summed E-state index contributed by atoms with van der Waals surface area (Å²) < 4.78 is 25.0. The topological polar surface area (TPSA) is 66.5 Å². The van der Waals surface area contributed by atoms with Crippen molar-refractivity contribution < 1.29 is 13.2 Å². The summed E-state index contributed by atoms with van der Waals surface area (Å²) in [6, 6.07) is 7.84. The average Bonchev–Trinajstić information content (AvgIpc) is 2.34. The maximum absolute atomic E-state index is 12.0. The van der Waals surface area contributed by atoms with Gasteiger partial charge in [0.25, 0.3) is 0 Å². The van der Waals surface area contributed by atoms with Crippen molar-refractivity contribution in [2.24, 2.45) is 0 Å². The Morgan fingerprint density at radius 2 is 1.82 bits per heavy atom. The number of sulfonamides is 1. The molecule has 1 aromatic rings. The van der Waals surface area contributed by atoms with Crippen LogP contribution >= 0.6 is 0 Å². The van der Waals surface area contributed by atoms with Gasteiger partial charge in [0.1, 0.15) is 0 Å². The number of nitrogens with one attached hydrogen (secondary N) is 1. The Morgan fingerprint density at radius 3 is 2.32 bits per heavy atom. The van der Waals surface area contributed by atoms with E-state index in [9.17, 15) is 13.2 Å². The number of hydrogen-bond donors (Lipinski definition) is 1. The van der Waals surface area contributed by atoms with Crippen molar-refractivity contribution in [1.82, 2.24) is 9.62 Å². The maximum atomic E-state index is 12.0. The summed E-state index contributed by atoms with van der Waals surface area (Å²) in [5.41, 5.74) is 1.64. The van der Waals surface area contributed by atoms with Crippen molar-refractivity contribution in [3.63, 3.8) is 0 Å². The molecule has 0 atom stereocenters. The highest BCUT2D eigenvalue weighted by Gasteiger charge is 2.29. The quantitative estimate of drug-likeness (QED) is 0.870. The molecule has 0 aliphatic rings. The molecular weight excluding hydrogens is 300 g/mol. The van der Waals surface area contributed by atoms with E-state index in [1.807, 2.05) is 52.0 Å².